The Kier molecular flexibility index (Phi) is 7.01. The minimum atomic E-state index is -1.02. The molecule has 0 heterocycles. The van der Waals surface area contributed by atoms with Gasteiger partial charge in [0.15, 0.2) is 11.5 Å². The first-order valence-electron chi connectivity index (χ1n) is 8.12. The molecule has 2 rings (SSSR count). The Bertz CT molecular complexity index is 809. The molecule has 0 bridgehead atoms. The zero-order valence-electron chi connectivity index (χ0n) is 15.3. The van der Waals surface area contributed by atoms with Gasteiger partial charge in [-0.05, 0) is 29.8 Å². The number of ether oxygens (including phenoxy) is 3. The lowest BCUT2D eigenvalue weighted by Gasteiger charge is -2.15. The SMILES string of the molecule is COc1ccccc1NC(=O)C(=O)NCC(O)c1ccc(OC)c(OC)c1. The second kappa shape index (κ2) is 9.44. The minimum absolute atomic E-state index is 0.145. The molecule has 8 heteroatoms. The van der Waals surface area contributed by atoms with Crippen LogP contribution in [0.3, 0.4) is 0 Å². The van der Waals surface area contributed by atoms with E-state index >= 15 is 0 Å². The number of aliphatic hydroxyl groups is 1. The largest absolute Gasteiger partial charge is 0.495 e. The molecule has 0 aliphatic heterocycles. The molecule has 2 amide bonds. The molecule has 1 atom stereocenters. The molecule has 1 unspecified atom stereocenters. The van der Waals surface area contributed by atoms with Gasteiger partial charge in [-0.25, -0.2) is 0 Å². The van der Waals surface area contributed by atoms with E-state index in [4.69, 9.17) is 14.2 Å². The van der Waals surface area contributed by atoms with Gasteiger partial charge in [0.1, 0.15) is 5.75 Å². The fourth-order valence-electron chi connectivity index (χ4n) is 2.37. The highest BCUT2D eigenvalue weighted by Crippen LogP contribution is 2.29. The van der Waals surface area contributed by atoms with Crippen molar-refractivity contribution < 1.29 is 28.9 Å². The van der Waals surface area contributed by atoms with Crippen molar-refractivity contribution in [3.05, 3.63) is 48.0 Å². The van der Waals surface area contributed by atoms with Crippen LogP contribution in [-0.2, 0) is 9.59 Å². The molecule has 27 heavy (non-hydrogen) atoms. The Morgan fingerprint density at radius 2 is 1.59 bits per heavy atom. The molecule has 0 radical (unpaired) electrons. The number of hydrogen-bond acceptors (Lipinski definition) is 6. The first-order chi connectivity index (χ1) is 13.0. The van der Waals surface area contributed by atoms with Gasteiger partial charge in [-0.1, -0.05) is 18.2 Å². The molecule has 0 fully saturated rings. The highest BCUT2D eigenvalue weighted by Gasteiger charge is 2.18. The van der Waals surface area contributed by atoms with Crippen LogP contribution in [-0.4, -0.2) is 44.8 Å². The van der Waals surface area contributed by atoms with E-state index < -0.39 is 17.9 Å². The molecular formula is C19H22N2O6. The van der Waals surface area contributed by atoms with E-state index in [1.165, 1.54) is 21.3 Å². The lowest BCUT2D eigenvalue weighted by Crippen LogP contribution is -2.37. The van der Waals surface area contributed by atoms with Gasteiger partial charge in [0.05, 0.1) is 33.1 Å². The normalized spacial score (nSPS) is 11.3. The Morgan fingerprint density at radius 1 is 0.926 bits per heavy atom. The lowest BCUT2D eigenvalue weighted by atomic mass is 10.1. The number of rotatable bonds is 7. The molecule has 0 aliphatic carbocycles. The monoisotopic (exact) mass is 374 g/mol. The van der Waals surface area contributed by atoms with Crippen molar-refractivity contribution in [2.24, 2.45) is 0 Å². The van der Waals surface area contributed by atoms with E-state index in [-0.39, 0.29) is 6.54 Å². The minimum Gasteiger partial charge on any atom is -0.495 e. The van der Waals surface area contributed by atoms with Crippen molar-refractivity contribution in [3.63, 3.8) is 0 Å². The lowest BCUT2D eigenvalue weighted by molar-refractivity contribution is -0.136. The van der Waals surface area contributed by atoms with Crippen LogP contribution < -0.4 is 24.8 Å². The Balaban J connectivity index is 1.95. The zero-order valence-corrected chi connectivity index (χ0v) is 15.3. The predicted octanol–water partition coefficient (Wildman–Crippen LogP) is 1.50. The van der Waals surface area contributed by atoms with E-state index in [0.717, 1.165) is 0 Å². The van der Waals surface area contributed by atoms with E-state index in [2.05, 4.69) is 10.6 Å². The van der Waals surface area contributed by atoms with Crippen LogP contribution in [0.15, 0.2) is 42.5 Å². The summed E-state index contributed by atoms with van der Waals surface area (Å²) in [5.41, 5.74) is 0.888. The molecule has 0 spiro atoms. The van der Waals surface area contributed by atoms with Crippen molar-refractivity contribution in [3.8, 4) is 17.2 Å². The van der Waals surface area contributed by atoms with Crippen molar-refractivity contribution in [2.75, 3.05) is 33.2 Å². The Hall–Kier alpha value is -3.26. The van der Waals surface area contributed by atoms with Gasteiger partial charge >= 0.3 is 11.8 Å². The predicted molar refractivity (Wildman–Crippen MR) is 99.1 cm³/mol. The Morgan fingerprint density at radius 3 is 2.26 bits per heavy atom. The topological polar surface area (TPSA) is 106 Å². The van der Waals surface area contributed by atoms with Crippen molar-refractivity contribution in [1.82, 2.24) is 5.32 Å². The summed E-state index contributed by atoms with van der Waals surface area (Å²) in [5, 5.41) is 15.1. The van der Waals surface area contributed by atoms with Crippen LogP contribution in [0.4, 0.5) is 5.69 Å². The quantitative estimate of drug-likeness (QED) is 0.634. The molecule has 8 nitrogen and oxygen atoms in total. The second-order valence-corrected chi connectivity index (χ2v) is 5.49. The summed E-state index contributed by atoms with van der Waals surface area (Å²) in [4.78, 5) is 24.0. The summed E-state index contributed by atoms with van der Waals surface area (Å²) in [6.45, 7) is -0.145. The van der Waals surface area contributed by atoms with Crippen LogP contribution in [0.2, 0.25) is 0 Å². The van der Waals surface area contributed by atoms with E-state index in [1.54, 1.807) is 42.5 Å². The smallest absolute Gasteiger partial charge is 0.313 e. The third-order valence-electron chi connectivity index (χ3n) is 3.81. The highest BCUT2D eigenvalue weighted by atomic mass is 16.5. The molecule has 0 saturated heterocycles. The number of carbonyl (C=O) groups is 2. The maximum atomic E-state index is 12.0. The molecule has 2 aromatic rings. The van der Waals surface area contributed by atoms with Gasteiger partial charge in [0.25, 0.3) is 0 Å². The third kappa shape index (κ3) is 5.11. The molecule has 0 aromatic heterocycles. The summed E-state index contributed by atoms with van der Waals surface area (Å²) in [7, 11) is 4.46. The fraction of sp³-hybridized carbons (Fsp3) is 0.263. The number of anilines is 1. The number of nitrogens with one attached hydrogen (secondary N) is 2. The molecule has 2 aromatic carbocycles. The fourth-order valence-corrected chi connectivity index (χ4v) is 2.37. The zero-order chi connectivity index (χ0) is 19.8. The van der Waals surface area contributed by atoms with Crippen LogP contribution in [0, 0.1) is 0 Å². The number of aliphatic hydroxyl groups excluding tert-OH is 1. The number of hydrogen-bond donors (Lipinski definition) is 3. The summed E-state index contributed by atoms with van der Waals surface area (Å²) < 4.78 is 15.4. The molecule has 144 valence electrons. The average molecular weight is 374 g/mol. The van der Waals surface area contributed by atoms with Gasteiger partial charge < -0.3 is 30.0 Å². The maximum absolute atomic E-state index is 12.0. The first kappa shape index (κ1) is 20.1. The number of benzene rings is 2. The standard InChI is InChI=1S/C19H22N2O6/c1-25-15-7-5-4-6-13(15)21-19(24)18(23)20-11-14(22)12-8-9-16(26-2)17(10-12)27-3/h4-10,14,22H,11H2,1-3H3,(H,20,23)(H,21,24). The highest BCUT2D eigenvalue weighted by molar-refractivity contribution is 6.39. The van der Waals surface area contributed by atoms with Crippen molar-refractivity contribution in [2.45, 2.75) is 6.10 Å². The van der Waals surface area contributed by atoms with Crippen LogP contribution in [0.5, 0.6) is 17.2 Å². The van der Waals surface area contributed by atoms with E-state index in [0.29, 0.717) is 28.5 Å². The number of amides is 2. The summed E-state index contributed by atoms with van der Waals surface area (Å²) in [6.07, 6.45) is -1.02. The van der Waals surface area contributed by atoms with Gasteiger partial charge in [-0.15, -0.1) is 0 Å². The second-order valence-electron chi connectivity index (χ2n) is 5.49. The van der Waals surface area contributed by atoms with Gasteiger partial charge in [0.2, 0.25) is 0 Å². The molecular weight excluding hydrogens is 352 g/mol. The molecule has 3 N–H and O–H groups in total. The van der Waals surface area contributed by atoms with Gasteiger partial charge in [0, 0.05) is 6.54 Å². The summed E-state index contributed by atoms with van der Waals surface area (Å²) in [6, 6.07) is 11.6. The van der Waals surface area contributed by atoms with Crippen LogP contribution in [0.25, 0.3) is 0 Å². The van der Waals surface area contributed by atoms with Crippen molar-refractivity contribution >= 4 is 17.5 Å². The summed E-state index contributed by atoms with van der Waals surface area (Å²) in [5.74, 6) is -0.327. The molecule has 0 saturated carbocycles. The van der Waals surface area contributed by atoms with E-state index in [9.17, 15) is 14.7 Å². The van der Waals surface area contributed by atoms with Gasteiger partial charge in [-0.3, -0.25) is 9.59 Å². The van der Waals surface area contributed by atoms with Crippen LogP contribution in [0.1, 0.15) is 11.7 Å². The Labute approximate surface area is 157 Å². The summed E-state index contributed by atoms with van der Waals surface area (Å²) >= 11 is 0. The average Bonchev–Trinajstić information content (AvgIpc) is 2.71. The maximum Gasteiger partial charge on any atom is 0.313 e. The number of para-hydroxylation sites is 2. The first-order valence-corrected chi connectivity index (χ1v) is 8.12. The number of carbonyl (C=O) groups excluding carboxylic acids is 2. The molecule has 0 aliphatic rings. The van der Waals surface area contributed by atoms with Crippen LogP contribution >= 0.6 is 0 Å². The van der Waals surface area contributed by atoms with Crippen molar-refractivity contribution in [1.29, 1.82) is 0 Å². The third-order valence-corrected chi connectivity index (χ3v) is 3.81. The number of methoxy groups -OCH3 is 3. The van der Waals surface area contributed by atoms with E-state index in [1.807, 2.05) is 0 Å². The van der Waals surface area contributed by atoms with Gasteiger partial charge in [-0.2, -0.15) is 0 Å².